The van der Waals surface area contributed by atoms with Crippen LogP contribution in [0.5, 0.6) is 0 Å². The molecule has 28 heavy (non-hydrogen) atoms. The second-order valence-corrected chi connectivity index (χ2v) is 8.62. The molecule has 5 aromatic rings. The number of aryl methyl sites for hydroxylation is 1. The Morgan fingerprint density at radius 2 is 1.79 bits per heavy atom. The van der Waals surface area contributed by atoms with E-state index in [0.29, 0.717) is 12.4 Å². The molecule has 0 unspecified atom stereocenters. The first-order valence-corrected chi connectivity index (χ1v) is 10.7. The molecule has 2 aromatic carbocycles. The van der Waals surface area contributed by atoms with Crippen molar-refractivity contribution in [2.75, 3.05) is 5.32 Å². The van der Waals surface area contributed by atoms with Crippen LogP contribution in [0.2, 0.25) is 0 Å². The SMILES string of the molecule is Cc1nn(-c2ccccc2)c2[se]c3c(=O)[nH]c(CNc4ccccc4)nc3c12. The van der Waals surface area contributed by atoms with Gasteiger partial charge in [-0.2, -0.15) is 0 Å². The number of fused-ring (bicyclic) bond motifs is 3. The number of anilines is 1. The molecule has 0 fully saturated rings. The zero-order valence-corrected chi connectivity index (χ0v) is 16.9. The minimum absolute atomic E-state index is 0.0509. The fraction of sp³-hybridized carbons (Fsp3) is 0.0952. The van der Waals surface area contributed by atoms with Crippen LogP contribution in [-0.4, -0.2) is 34.3 Å². The number of nitrogens with one attached hydrogen (secondary N) is 2. The van der Waals surface area contributed by atoms with Gasteiger partial charge in [0.15, 0.2) is 0 Å². The van der Waals surface area contributed by atoms with E-state index in [1.807, 2.05) is 72.3 Å². The molecule has 0 amide bonds. The van der Waals surface area contributed by atoms with Crippen LogP contribution in [0.4, 0.5) is 5.69 Å². The Hall–Kier alpha value is -3.15. The second-order valence-electron chi connectivity index (χ2n) is 6.52. The number of para-hydroxylation sites is 2. The summed E-state index contributed by atoms with van der Waals surface area (Å²) >= 11 is -0.131. The zero-order valence-electron chi connectivity index (χ0n) is 15.1. The van der Waals surface area contributed by atoms with Crippen LogP contribution in [0, 0.1) is 6.92 Å². The third-order valence-electron chi connectivity index (χ3n) is 4.61. The number of nitrogens with zero attached hydrogens (tertiary/aromatic N) is 3. The quantitative estimate of drug-likeness (QED) is 0.426. The molecule has 0 saturated carbocycles. The average molecular weight is 434 g/mol. The van der Waals surface area contributed by atoms with Gasteiger partial charge >= 0.3 is 167 Å². The van der Waals surface area contributed by atoms with Gasteiger partial charge in [0.25, 0.3) is 0 Å². The van der Waals surface area contributed by atoms with Crippen LogP contribution in [0.1, 0.15) is 11.5 Å². The Morgan fingerprint density at radius 1 is 1.07 bits per heavy atom. The number of hydrogen-bond acceptors (Lipinski definition) is 4. The van der Waals surface area contributed by atoms with Gasteiger partial charge in [0.05, 0.1) is 0 Å². The summed E-state index contributed by atoms with van der Waals surface area (Å²) < 4.78 is 3.81. The fourth-order valence-electron chi connectivity index (χ4n) is 3.31. The van der Waals surface area contributed by atoms with Gasteiger partial charge in [0, 0.05) is 0 Å². The molecule has 0 bridgehead atoms. The molecule has 3 heterocycles. The molecular weight excluding hydrogens is 417 g/mol. The van der Waals surface area contributed by atoms with Gasteiger partial charge in [-0.25, -0.2) is 0 Å². The van der Waals surface area contributed by atoms with Crippen LogP contribution < -0.4 is 10.9 Å². The molecule has 138 valence electrons. The average Bonchev–Trinajstić information content (AvgIpc) is 3.26. The molecule has 2 N–H and O–H groups in total. The van der Waals surface area contributed by atoms with Gasteiger partial charge in [-0.05, 0) is 0 Å². The van der Waals surface area contributed by atoms with Gasteiger partial charge in [0.2, 0.25) is 0 Å². The number of rotatable bonds is 4. The summed E-state index contributed by atoms with van der Waals surface area (Å²) in [5, 5.41) is 9.02. The first-order valence-electron chi connectivity index (χ1n) is 8.96. The van der Waals surface area contributed by atoms with E-state index < -0.39 is 0 Å². The Labute approximate surface area is 166 Å². The number of hydrogen-bond donors (Lipinski definition) is 2. The molecule has 0 aliphatic heterocycles. The number of aromatic amines is 1. The summed E-state index contributed by atoms with van der Waals surface area (Å²) in [6.45, 7) is 2.44. The van der Waals surface area contributed by atoms with E-state index in [-0.39, 0.29) is 20.1 Å². The fourth-order valence-corrected chi connectivity index (χ4v) is 5.75. The van der Waals surface area contributed by atoms with Crippen molar-refractivity contribution in [3.8, 4) is 5.69 Å². The Kier molecular flexibility index (Phi) is 4.11. The van der Waals surface area contributed by atoms with E-state index in [2.05, 4.69) is 10.3 Å². The van der Waals surface area contributed by atoms with Gasteiger partial charge in [-0.3, -0.25) is 0 Å². The normalized spacial score (nSPS) is 11.3. The second kappa shape index (κ2) is 6.78. The number of aromatic nitrogens is 4. The Bertz CT molecular complexity index is 1340. The molecule has 0 aliphatic carbocycles. The molecule has 3 aromatic heterocycles. The minimum atomic E-state index is -0.131. The van der Waals surface area contributed by atoms with Crippen LogP contribution in [0.25, 0.3) is 25.2 Å². The van der Waals surface area contributed by atoms with E-state index >= 15 is 0 Å². The van der Waals surface area contributed by atoms with E-state index in [1.165, 1.54) is 0 Å². The van der Waals surface area contributed by atoms with E-state index in [0.717, 1.165) is 36.6 Å². The predicted molar refractivity (Wildman–Crippen MR) is 112 cm³/mol. The molecule has 0 spiro atoms. The van der Waals surface area contributed by atoms with Crippen LogP contribution in [0.3, 0.4) is 0 Å². The van der Waals surface area contributed by atoms with E-state index in [1.54, 1.807) is 0 Å². The topological polar surface area (TPSA) is 75.6 Å². The predicted octanol–water partition coefficient (Wildman–Crippen LogP) is 3.24. The Morgan fingerprint density at radius 3 is 2.54 bits per heavy atom. The van der Waals surface area contributed by atoms with Crippen LogP contribution in [0.15, 0.2) is 65.5 Å². The van der Waals surface area contributed by atoms with Crippen molar-refractivity contribution in [2.24, 2.45) is 0 Å². The van der Waals surface area contributed by atoms with Crippen LogP contribution >= 0.6 is 0 Å². The number of benzene rings is 2. The molecule has 0 saturated heterocycles. The molecule has 0 aliphatic rings. The van der Waals surface area contributed by atoms with Crippen LogP contribution in [-0.2, 0) is 6.54 Å². The van der Waals surface area contributed by atoms with Crippen molar-refractivity contribution in [3.05, 3.63) is 82.5 Å². The maximum absolute atomic E-state index is 12.7. The monoisotopic (exact) mass is 435 g/mol. The summed E-state index contributed by atoms with van der Waals surface area (Å²) in [5.41, 5.74) is 3.63. The summed E-state index contributed by atoms with van der Waals surface area (Å²) in [7, 11) is 0. The van der Waals surface area contributed by atoms with Gasteiger partial charge < -0.3 is 0 Å². The molecule has 0 radical (unpaired) electrons. The van der Waals surface area contributed by atoms with Crippen molar-refractivity contribution in [3.63, 3.8) is 0 Å². The molecule has 5 rings (SSSR count). The van der Waals surface area contributed by atoms with Crippen molar-refractivity contribution < 1.29 is 0 Å². The first kappa shape index (κ1) is 17.0. The molecular formula is C21H17N5OSe. The van der Waals surface area contributed by atoms with Gasteiger partial charge in [-0.1, -0.05) is 0 Å². The molecule has 0 atom stereocenters. The van der Waals surface area contributed by atoms with E-state index in [4.69, 9.17) is 10.1 Å². The van der Waals surface area contributed by atoms with Gasteiger partial charge in [0.1, 0.15) is 0 Å². The third kappa shape index (κ3) is 2.85. The van der Waals surface area contributed by atoms with Crippen molar-refractivity contribution in [2.45, 2.75) is 13.5 Å². The molecule has 7 heteroatoms. The van der Waals surface area contributed by atoms with Gasteiger partial charge in [-0.15, -0.1) is 0 Å². The van der Waals surface area contributed by atoms with Crippen molar-refractivity contribution in [1.29, 1.82) is 0 Å². The zero-order chi connectivity index (χ0) is 19.1. The summed E-state index contributed by atoms with van der Waals surface area (Å²) in [6.07, 6.45) is 0. The van der Waals surface area contributed by atoms with E-state index in [9.17, 15) is 4.79 Å². The number of H-pyrrole nitrogens is 1. The summed E-state index contributed by atoms with van der Waals surface area (Å²) in [5.74, 6) is 0.628. The Balaban J connectivity index is 1.62. The van der Waals surface area contributed by atoms with Crippen molar-refractivity contribution in [1.82, 2.24) is 19.7 Å². The first-order chi connectivity index (χ1) is 13.7. The third-order valence-corrected chi connectivity index (χ3v) is 7.03. The molecule has 6 nitrogen and oxygen atoms in total. The van der Waals surface area contributed by atoms with Crippen molar-refractivity contribution >= 4 is 39.7 Å². The standard InChI is InChI=1S/C21H17N5OSe/c1-13-17-18-19(28-21(17)26(25-13)15-10-6-3-7-11-15)20(27)24-16(23-18)12-22-14-8-4-2-5-9-14/h2-11,22H,12H2,1H3,(H,23,24,27). The summed E-state index contributed by atoms with van der Waals surface area (Å²) in [6, 6.07) is 19.9. The summed E-state index contributed by atoms with van der Waals surface area (Å²) in [4.78, 5) is 20.5. The maximum atomic E-state index is 12.7.